The molecule has 148 valence electrons. The van der Waals surface area contributed by atoms with Crippen molar-refractivity contribution in [3.05, 3.63) is 71.1 Å². The van der Waals surface area contributed by atoms with E-state index in [2.05, 4.69) is 23.5 Å². The minimum absolute atomic E-state index is 0.0310. The third-order valence-corrected chi connectivity index (χ3v) is 6.27. The zero-order valence-electron chi connectivity index (χ0n) is 16.1. The quantitative estimate of drug-likeness (QED) is 0.437. The zero-order valence-corrected chi connectivity index (χ0v) is 17.7. The fraction of sp³-hybridized carbons (Fsp3) is 0.182. The average molecular weight is 426 g/mol. The van der Waals surface area contributed by atoms with Gasteiger partial charge < -0.3 is 9.67 Å². The number of fused-ring (bicyclic) bond motifs is 1. The number of nitrogens with zero attached hydrogens (tertiary/aromatic N) is 3. The molecule has 0 aliphatic heterocycles. The van der Waals surface area contributed by atoms with E-state index in [1.807, 2.05) is 59.5 Å². The van der Waals surface area contributed by atoms with Crippen molar-refractivity contribution in [2.75, 3.05) is 0 Å². The van der Waals surface area contributed by atoms with Crippen LogP contribution in [0.3, 0.4) is 0 Å². The highest BCUT2D eigenvalue weighted by Gasteiger charge is 2.18. The van der Waals surface area contributed by atoms with E-state index in [1.54, 1.807) is 11.8 Å². The molecule has 0 amide bonds. The fourth-order valence-electron chi connectivity index (χ4n) is 3.43. The highest BCUT2D eigenvalue weighted by molar-refractivity contribution is 7.99. The highest BCUT2D eigenvalue weighted by atomic mass is 35.5. The topological polar surface area (TPSA) is 60.0 Å². The molecule has 1 N–H and O–H groups in total. The molecule has 0 bridgehead atoms. The van der Waals surface area contributed by atoms with Crippen LogP contribution in [0.5, 0.6) is 0 Å². The van der Waals surface area contributed by atoms with Crippen LogP contribution in [-0.4, -0.2) is 25.4 Å². The number of benzene rings is 2. The van der Waals surface area contributed by atoms with Gasteiger partial charge in [0.25, 0.3) is 0 Å². The van der Waals surface area contributed by atoms with Gasteiger partial charge in [-0.25, -0.2) is 0 Å². The third kappa shape index (κ3) is 3.91. The van der Waals surface area contributed by atoms with Gasteiger partial charge in [-0.2, -0.15) is 5.10 Å². The average Bonchev–Trinajstić information content (AvgIpc) is 3.25. The van der Waals surface area contributed by atoms with E-state index in [-0.39, 0.29) is 6.42 Å². The van der Waals surface area contributed by atoms with Crippen LogP contribution in [0.15, 0.2) is 64.6 Å². The number of hydrogen-bond acceptors (Lipinski definition) is 3. The second-order valence-electron chi connectivity index (χ2n) is 6.78. The summed E-state index contributed by atoms with van der Waals surface area (Å²) in [7, 11) is 0. The van der Waals surface area contributed by atoms with E-state index in [1.165, 1.54) is 0 Å². The van der Waals surface area contributed by atoms with Crippen molar-refractivity contribution in [2.45, 2.75) is 36.6 Å². The number of hydrogen-bond donors (Lipinski definition) is 1. The lowest BCUT2D eigenvalue weighted by atomic mass is 10.2. The second-order valence-corrected chi connectivity index (χ2v) is 8.30. The molecule has 0 aliphatic carbocycles. The maximum absolute atomic E-state index is 10.9. The Morgan fingerprint density at radius 2 is 1.97 bits per heavy atom. The number of carboxylic acids is 1. The minimum atomic E-state index is -0.825. The summed E-state index contributed by atoms with van der Waals surface area (Å²) in [4.78, 5) is 13.1. The first-order chi connectivity index (χ1) is 14.0. The van der Waals surface area contributed by atoms with Crippen molar-refractivity contribution in [3.8, 4) is 5.69 Å². The van der Waals surface area contributed by atoms with Crippen LogP contribution in [0, 0.1) is 6.92 Å². The summed E-state index contributed by atoms with van der Waals surface area (Å²) in [6, 6.07) is 13.6. The standard InChI is InChI=1S/C22H20ClN3O2S/c1-3-25-13-17(12-24-25)26-14(2)22(19-9-6-16(23)11-20(19)26)29-18-7-4-15(5-8-18)10-21(27)28/h4-9,11-13H,3,10H2,1-2H3,(H,27,28). The number of rotatable bonds is 6. The van der Waals surface area contributed by atoms with E-state index in [4.69, 9.17) is 16.7 Å². The molecule has 0 saturated carbocycles. The van der Waals surface area contributed by atoms with Crippen LogP contribution in [0.25, 0.3) is 16.6 Å². The van der Waals surface area contributed by atoms with Crippen LogP contribution in [-0.2, 0) is 17.8 Å². The third-order valence-electron chi connectivity index (χ3n) is 4.81. The van der Waals surface area contributed by atoms with Crippen molar-refractivity contribution >= 4 is 40.2 Å². The predicted molar refractivity (Wildman–Crippen MR) is 116 cm³/mol. The van der Waals surface area contributed by atoms with Gasteiger partial charge in [0.1, 0.15) is 0 Å². The van der Waals surface area contributed by atoms with Gasteiger partial charge >= 0.3 is 5.97 Å². The molecule has 0 atom stereocenters. The van der Waals surface area contributed by atoms with Gasteiger partial charge in [0, 0.05) is 38.6 Å². The summed E-state index contributed by atoms with van der Waals surface area (Å²) < 4.78 is 4.08. The Balaban J connectivity index is 1.78. The van der Waals surface area contributed by atoms with Gasteiger partial charge in [0.15, 0.2) is 0 Å². The number of halogens is 1. The van der Waals surface area contributed by atoms with Gasteiger partial charge in [-0.15, -0.1) is 0 Å². The molecule has 0 spiro atoms. The largest absolute Gasteiger partial charge is 0.481 e. The molecule has 2 aromatic heterocycles. The number of carbonyl (C=O) groups is 1. The molecule has 7 heteroatoms. The van der Waals surface area contributed by atoms with E-state index >= 15 is 0 Å². The molecule has 0 aliphatic rings. The first-order valence-electron chi connectivity index (χ1n) is 9.28. The maximum Gasteiger partial charge on any atom is 0.307 e. The summed E-state index contributed by atoms with van der Waals surface area (Å²) in [5.41, 5.74) is 3.94. The molecule has 2 heterocycles. The smallest absolute Gasteiger partial charge is 0.307 e. The van der Waals surface area contributed by atoms with Crippen molar-refractivity contribution in [3.63, 3.8) is 0 Å². The van der Waals surface area contributed by atoms with Crippen molar-refractivity contribution < 1.29 is 9.90 Å². The molecule has 0 radical (unpaired) electrons. The van der Waals surface area contributed by atoms with E-state index in [9.17, 15) is 4.79 Å². The Morgan fingerprint density at radius 3 is 2.62 bits per heavy atom. The van der Waals surface area contributed by atoms with E-state index in [0.717, 1.165) is 44.2 Å². The van der Waals surface area contributed by atoms with E-state index in [0.29, 0.717) is 5.02 Å². The van der Waals surface area contributed by atoms with Crippen LogP contribution >= 0.6 is 23.4 Å². The number of aromatic nitrogens is 3. The molecular weight excluding hydrogens is 406 g/mol. The summed E-state index contributed by atoms with van der Waals surface area (Å²) in [5.74, 6) is -0.825. The Labute approximate surface area is 177 Å². The lowest BCUT2D eigenvalue weighted by Crippen LogP contribution is -1.99. The molecule has 2 aromatic carbocycles. The second kappa shape index (κ2) is 7.97. The number of aryl methyl sites for hydroxylation is 1. The molecule has 0 unspecified atom stereocenters. The first kappa shape index (κ1) is 19.6. The molecule has 29 heavy (non-hydrogen) atoms. The predicted octanol–water partition coefficient (Wildman–Crippen LogP) is 5.59. The Bertz CT molecular complexity index is 1190. The molecular formula is C22H20ClN3O2S. The fourth-order valence-corrected chi connectivity index (χ4v) is 4.63. The van der Waals surface area contributed by atoms with Gasteiger partial charge in [0.05, 0.1) is 23.8 Å². The number of carboxylic acid groups (broad SMARTS) is 1. The van der Waals surface area contributed by atoms with Crippen LogP contribution < -0.4 is 0 Å². The van der Waals surface area contributed by atoms with E-state index < -0.39 is 5.97 Å². The summed E-state index contributed by atoms with van der Waals surface area (Å²) in [6.45, 7) is 4.96. The molecule has 0 saturated heterocycles. The van der Waals surface area contributed by atoms with Gasteiger partial charge in [-0.1, -0.05) is 41.6 Å². The number of aliphatic carboxylic acids is 1. The summed E-state index contributed by atoms with van der Waals surface area (Å²) in [5, 5.41) is 15.2. The molecule has 5 nitrogen and oxygen atoms in total. The molecule has 4 rings (SSSR count). The normalized spacial score (nSPS) is 11.3. The van der Waals surface area contributed by atoms with Gasteiger partial charge in [0.2, 0.25) is 0 Å². The van der Waals surface area contributed by atoms with Crippen LogP contribution in [0.4, 0.5) is 0 Å². The highest BCUT2D eigenvalue weighted by Crippen LogP contribution is 2.40. The van der Waals surface area contributed by atoms with Crippen molar-refractivity contribution in [1.29, 1.82) is 0 Å². The maximum atomic E-state index is 10.9. The Kier molecular flexibility index (Phi) is 5.39. The summed E-state index contributed by atoms with van der Waals surface area (Å²) >= 11 is 7.97. The Hall–Kier alpha value is -2.70. The Morgan fingerprint density at radius 1 is 1.21 bits per heavy atom. The van der Waals surface area contributed by atoms with Gasteiger partial charge in [-0.3, -0.25) is 9.48 Å². The van der Waals surface area contributed by atoms with Gasteiger partial charge in [-0.05, 0) is 43.7 Å². The molecule has 0 fully saturated rings. The van der Waals surface area contributed by atoms with Crippen molar-refractivity contribution in [1.82, 2.24) is 14.3 Å². The lowest BCUT2D eigenvalue weighted by Gasteiger charge is -2.06. The summed E-state index contributed by atoms with van der Waals surface area (Å²) in [6.07, 6.45) is 3.93. The van der Waals surface area contributed by atoms with Crippen LogP contribution in [0.2, 0.25) is 5.02 Å². The first-order valence-corrected chi connectivity index (χ1v) is 10.5. The minimum Gasteiger partial charge on any atom is -0.481 e. The SMILES string of the molecule is CCn1cc(-n2c(C)c(Sc3ccc(CC(=O)O)cc3)c3ccc(Cl)cc32)cn1. The lowest BCUT2D eigenvalue weighted by molar-refractivity contribution is -0.136. The van der Waals surface area contributed by atoms with Crippen LogP contribution in [0.1, 0.15) is 18.2 Å². The van der Waals surface area contributed by atoms with Crippen molar-refractivity contribution in [2.24, 2.45) is 0 Å². The molecule has 4 aromatic rings. The zero-order chi connectivity index (χ0) is 20.5. The monoisotopic (exact) mass is 425 g/mol.